The Balaban J connectivity index is 2.85. The molecule has 1 rings (SSSR count). The molecule has 0 aromatic heterocycles. The lowest BCUT2D eigenvalue weighted by atomic mass is 9.90. The average molecular weight is 496 g/mol. The predicted molar refractivity (Wildman–Crippen MR) is 130 cm³/mol. The summed E-state index contributed by atoms with van der Waals surface area (Å²) in [5.41, 5.74) is -1.50. The van der Waals surface area contributed by atoms with Gasteiger partial charge in [-0.05, 0) is 44.2 Å². The Hall–Kier alpha value is -2.64. The first kappa shape index (κ1) is 30.4. The summed E-state index contributed by atoms with van der Waals surface area (Å²) in [5.74, 6) is -4.32. The molecule has 0 aliphatic carbocycles. The first-order valence-electron chi connectivity index (χ1n) is 12.0. The van der Waals surface area contributed by atoms with Crippen molar-refractivity contribution in [1.29, 1.82) is 0 Å². The highest BCUT2D eigenvalue weighted by atomic mass is 19.1. The lowest BCUT2D eigenvalue weighted by Gasteiger charge is -2.29. The van der Waals surface area contributed by atoms with E-state index in [2.05, 4.69) is 5.32 Å². The first-order valence-corrected chi connectivity index (χ1v) is 12.0. The second kappa shape index (κ2) is 12.4. The molecule has 1 N–H and O–H groups in total. The molecular formula is C27H39F2NO5. The number of halogens is 2. The Labute approximate surface area is 207 Å². The summed E-state index contributed by atoms with van der Waals surface area (Å²) >= 11 is 0. The largest absolute Gasteiger partial charge is 0.458 e. The zero-order chi connectivity index (χ0) is 27.1. The molecular weight excluding hydrogens is 456 g/mol. The minimum Gasteiger partial charge on any atom is -0.458 e. The van der Waals surface area contributed by atoms with Gasteiger partial charge in [-0.2, -0.15) is 0 Å². The third-order valence-electron chi connectivity index (χ3n) is 5.56. The van der Waals surface area contributed by atoms with E-state index in [0.717, 1.165) is 12.1 Å². The predicted octanol–water partition coefficient (Wildman–Crippen LogP) is 5.42. The Morgan fingerprint density at radius 3 is 2.11 bits per heavy atom. The zero-order valence-corrected chi connectivity index (χ0v) is 22.1. The molecule has 1 aromatic rings. The van der Waals surface area contributed by atoms with E-state index in [1.54, 1.807) is 34.6 Å². The van der Waals surface area contributed by atoms with Crippen molar-refractivity contribution in [2.45, 2.75) is 92.7 Å². The number of carbonyl (C=O) groups is 4. The van der Waals surface area contributed by atoms with E-state index in [1.165, 1.54) is 0 Å². The van der Waals surface area contributed by atoms with E-state index in [-0.39, 0.29) is 54.3 Å². The molecule has 35 heavy (non-hydrogen) atoms. The number of rotatable bonds is 12. The summed E-state index contributed by atoms with van der Waals surface area (Å²) in [4.78, 5) is 50.3. The average Bonchev–Trinajstić information content (AvgIpc) is 2.69. The summed E-state index contributed by atoms with van der Waals surface area (Å²) in [6, 6.07) is 1.69. The molecule has 0 bridgehead atoms. The zero-order valence-electron chi connectivity index (χ0n) is 22.1. The van der Waals surface area contributed by atoms with Gasteiger partial charge in [-0.1, -0.05) is 41.5 Å². The number of Topliss-reactive ketones (excluding diaryl/α,β-unsaturated/α-hetero) is 2. The normalized spacial score (nSPS) is 13.8. The van der Waals surface area contributed by atoms with Crippen LogP contribution in [0.1, 0.15) is 91.4 Å². The van der Waals surface area contributed by atoms with Crippen molar-refractivity contribution in [3.05, 3.63) is 35.4 Å². The number of benzene rings is 1. The Morgan fingerprint density at radius 2 is 1.60 bits per heavy atom. The fourth-order valence-corrected chi connectivity index (χ4v) is 3.40. The number of nitrogens with one attached hydrogen (secondary N) is 1. The molecule has 0 heterocycles. The van der Waals surface area contributed by atoms with Crippen molar-refractivity contribution in [2.75, 3.05) is 0 Å². The van der Waals surface area contributed by atoms with Gasteiger partial charge >= 0.3 is 5.97 Å². The van der Waals surface area contributed by atoms with Gasteiger partial charge < -0.3 is 10.1 Å². The highest BCUT2D eigenvalue weighted by Gasteiger charge is 2.33. The van der Waals surface area contributed by atoms with E-state index >= 15 is 0 Å². The van der Waals surface area contributed by atoms with Gasteiger partial charge in [0.25, 0.3) is 0 Å². The maximum absolute atomic E-state index is 14.0. The SMILES string of the molecule is CC(C)C(=O)CC(NC(=O)CC(C)(C)C)C(=O)OC(C)(C)CCC(C)C(=O)c1ccc(F)cc1F. The molecule has 196 valence electrons. The van der Waals surface area contributed by atoms with E-state index in [4.69, 9.17) is 4.74 Å². The summed E-state index contributed by atoms with van der Waals surface area (Å²) in [6.45, 7) is 14.1. The lowest BCUT2D eigenvalue weighted by molar-refractivity contribution is -0.162. The summed E-state index contributed by atoms with van der Waals surface area (Å²) in [6.07, 6.45) is 0.550. The molecule has 0 radical (unpaired) electrons. The number of carbonyl (C=O) groups excluding carboxylic acids is 4. The molecule has 0 spiro atoms. The topological polar surface area (TPSA) is 89.5 Å². The molecule has 1 amide bonds. The number of esters is 1. The monoisotopic (exact) mass is 495 g/mol. The fraction of sp³-hybridized carbons (Fsp3) is 0.630. The minimum atomic E-state index is -1.12. The summed E-state index contributed by atoms with van der Waals surface area (Å²) < 4.78 is 32.8. The molecule has 0 fully saturated rings. The van der Waals surface area contributed by atoms with Crippen molar-refractivity contribution in [3.63, 3.8) is 0 Å². The van der Waals surface area contributed by atoms with Gasteiger partial charge in [0, 0.05) is 30.7 Å². The van der Waals surface area contributed by atoms with Gasteiger partial charge in [-0.3, -0.25) is 14.4 Å². The highest BCUT2D eigenvalue weighted by molar-refractivity contribution is 5.97. The molecule has 6 nitrogen and oxygen atoms in total. The van der Waals surface area contributed by atoms with Crippen molar-refractivity contribution in [1.82, 2.24) is 5.32 Å². The van der Waals surface area contributed by atoms with Crippen LogP contribution in [0.25, 0.3) is 0 Å². The van der Waals surface area contributed by atoms with Gasteiger partial charge in [0.1, 0.15) is 29.1 Å². The van der Waals surface area contributed by atoms with Gasteiger partial charge in [0.15, 0.2) is 5.78 Å². The van der Waals surface area contributed by atoms with E-state index in [1.807, 2.05) is 20.8 Å². The van der Waals surface area contributed by atoms with Crippen LogP contribution in [0.3, 0.4) is 0 Å². The summed E-state index contributed by atoms with van der Waals surface area (Å²) in [5, 5.41) is 2.64. The first-order chi connectivity index (χ1) is 15.9. The van der Waals surface area contributed by atoms with Gasteiger partial charge in [-0.25, -0.2) is 13.6 Å². The van der Waals surface area contributed by atoms with Crippen LogP contribution in [0.15, 0.2) is 18.2 Å². The van der Waals surface area contributed by atoms with Crippen LogP contribution in [-0.4, -0.2) is 35.1 Å². The highest BCUT2D eigenvalue weighted by Crippen LogP contribution is 2.25. The van der Waals surface area contributed by atoms with Gasteiger partial charge in [0.2, 0.25) is 5.91 Å². The van der Waals surface area contributed by atoms with E-state index in [0.29, 0.717) is 6.07 Å². The maximum atomic E-state index is 14.0. The van der Waals surface area contributed by atoms with Crippen LogP contribution in [0, 0.1) is 28.9 Å². The van der Waals surface area contributed by atoms with Crippen LogP contribution in [0.5, 0.6) is 0 Å². The number of hydrogen-bond acceptors (Lipinski definition) is 5. The maximum Gasteiger partial charge on any atom is 0.329 e. The number of amides is 1. The van der Waals surface area contributed by atoms with Crippen LogP contribution in [0.4, 0.5) is 8.78 Å². The standard InChI is InChI=1S/C27H39F2NO5/c1-16(2)22(31)14-21(30-23(32)15-26(4,5)6)25(34)35-27(7,8)12-11-17(3)24(33)19-10-9-18(28)13-20(19)29/h9-10,13,16-17,21H,11-12,14-15H2,1-8H3,(H,30,32). The van der Waals surface area contributed by atoms with Crippen LogP contribution in [-0.2, 0) is 19.1 Å². The molecule has 0 aliphatic rings. The third kappa shape index (κ3) is 10.7. The number of ketones is 2. The second-order valence-electron chi connectivity index (χ2n) is 11.3. The van der Waals surface area contributed by atoms with Crippen molar-refractivity contribution in [2.24, 2.45) is 17.3 Å². The fourth-order valence-electron chi connectivity index (χ4n) is 3.40. The molecule has 2 unspecified atom stereocenters. The van der Waals surface area contributed by atoms with Crippen LogP contribution < -0.4 is 5.32 Å². The van der Waals surface area contributed by atoms with E-state index < -0.39 is 40.9 Å². The van der Waals surface area contributed by atoms with Crippen molar-refractivity contribution < 1.29 is 32.7 Å². The number of hydrogen-bond donors (Lipinski definition) is 1. The Morgan fingerprint density at radius 1 is 1.00 bits per heavy atom. The minimum absolute atomic E-state index is 0.176. The molecule has 8 heteroatoms. The summed E-state index contributed by atoms with van der Waals surface area (Å²) in [7, 11) is 0. The molecule has 2 atom stereocenters. The third-order valence-corrected chi connectivity index (χ3v) is 5.56. The van der Waals surface area contributed by atoms with Gasteiger partial charge in [-0.15, -0.1) is 0 Å². The lowest BCUT2D eigenvalue weighted by Crippen LogP contribution is -2.47. The van der Waals surface area contributed by atoms with Gasteiger partial charge in [0.05, 0.1) is 5.56 Å². The molecule has 0 saturated heterocycles. The Kier molecular flexibility index (Phi) is 10.7. The Bertz CT molecular complexity index is 934. The quantitative estimate of drug-likeness (QED) is 0.309. The molecule has 1 aromatic carbocycles. The van der Waals surface area contributed by atoms with Crippen molar-refractivity contribution >= 4 is 23.4 Å². The smallest absolute Gasteiger partial charge is 0.329 e. The number of ether oxygens (including phenoxy) is 1. The van der Waals surface area contributed by atoms with Crippen LogP contribution >= 0.6 is 0 Å². The molecule has 0 aliphatic heterocycles. The molecule has 0 saturated carbocycles. The van der Waals surface area contributed by atoms with E-state index in [9.17, 15) is 28.0 Å². The second-order valence-corrected chi connectivity index (χ2v) is 11.3. The van der Waals surface area contributed by atoms with Crippen molar-refractivity contribution in [3.8, 4) is 0 Å². The van der Waals surface area contributed by atoms with Crippen LogP contribution in [0.2, 0.25) is 0 Å².